The average molecular weight is 285 g/mol. The molecule has 2 aromatic rings. The molecule has 3 heteroatoms. The van der Waals surface area contributed by atoms with Gasteiger partial charge in [-0.05, 0) is 37.3 Å². The van der Waals surface area contributed by atoms with Gasteiger partial charge < -0.3 is 5.32 Å². The number of aromatic nitrogens is 2. The summed E-state index contributed by atoms with van der Waals surface area (Å²) in [6, 6.07) is 9.33. The molecular weight excluding hydrogens is 258 g/mol. The first-order chi connectivity index (χ1) is 9.95. The van der Waals surface area contributed by atoms with Crippen LogP contribution >= 0.6 is 0 Å². The Morgan fingerprint density at radius 1 is 1.14 bits per heavy atom. The molecule has 1 aromatic carbocycles. The molecule has 21 heavy (non-hydrogen) atoms. The van der Waals surface area contributed by atoms with Gasteiger partial charge in [-0.2, -0.15) is 5.10 Å². The molecule has 3 nitrogen and oxygen atoms in total. The summed E-state index contributed by atoms with van der Waals surface area (Å²) in [6.45, 7) is 9.64. The van der Waals surface area contributed by atoms with Crippen LogP contribution in [-0.4, -0.2) is 9.78 Å². The monoisotopic (exact) mass is 285 g/mol. The molecule has 114 valence electrons. The first-order valence-electron chi connectivity index (χ1n) is 7.77. The Hall–Kier alpha value is -1.61. The number of aryl methyl sites for hydroxylation is 2. The lowest BCUT2D eigenvalue weighted by Crippen LogP contribution is -2.18. The summed E-state index contributed by atoms with van der Waals surface area (Å²) >= 11 is 0. The van der Waals surface area contributed by atoms with Crippen LogP contribution in [-0.2, 0) is 20.0 Å². The molecule has 0 radical (unpaired) electrons. The quantitative estimate of drug-likeness (QED) is 0.875. The number of hydrogen-bond donors (Lipinski definition) is 1. The third-order valence-corrected chi connectivity index (χ3v) is 3.84. The average Bonchev–Trinajstić information content (AvgIpc) is 2.74. The van der Waals surface area contributed by atoms with Crippen LogP contribution in [0, 0.1) is 12.8 Å². The van der Waals surface area contributed by atoms with Crippen molar-refractivity contribution in [3.8, 4) is 0 Å². The molecule has 0 saturated heterocycles. The zero-order valence-corrected chi connectivity index (χ0v) is 13.9. The van der Waals surface area contributed by atoms with Crippen LogP contribution in [0.3, 0.4) is 0 Å². The number of hydrogen-bond acceptors (Lipinski definition) is 2. The summed E-state index contributed by atoms with van der Waals surface area (Å²) in [5, 5.41) is 7.95. The van der Waals surface area contributed by atoms with Crippen LogP contribution in [0.15, 0.2) is 30.5 Å². The minimum atomic E-state index is 0.345. The number of nitrogens with zero attached hydrogens (tertiary/aromatic N) is 2. The molecule has 1 unspecified atom stereocenters. The van der Waals surface area contributed by atoms with Gasteiger partial charge in [0.2, 0.25) is 0 Å². The summed E-state index contributed by atoms with van der Waals surface area (Å²) in [5.74, 6) is 0.708. The fourth-order valence-corrected chi connectivity index (χ4v) is 2.62. The van der Waals surface area contributed by atoms with E-state index in [0.29, 0.717) is 12.0 Å². The molecule has 1 atom stereocenters. The summed E-state index contributed by atoms with van der Waals surface area (Å²) < 4.78 is 1.87. The number of benzene rings is 1. The second-order valence-electron chi connectivity index (χ2n) is 6.36. The fraction of sp³-hybridized carbons (Fsp3) is 0.500. The molecule has 0 spiro atoms. The van der Waals surface area contributed by atoms with Crippen molar-refractivity contribution >= 4 is 0 Å². The van der Waals surface area contributed by atoms with Crippen molar-refractivity contribution in [3.05, 3.63) is 52.8 Å². The lowest BCUT2D eigenvalue weighted by Gasteiger charge is -2.15. The SMILES string of the molecule is Cc1nn(C)cc1CNC(C)c1ccc(CC(C)C)cc1. The van der Waals surface area contributed by atoms with Crippen LogP contribution < -0.4 is 5.32 Å². The summed E-state index contributed by atoms with van der Waals surface area (Å²) in [4.78, 5) is 0. The van der Waals surface area contributed by atoms with Gasteiger partial charge in [-0.1, -0.05) is 38.1 Å². The highest BCUT2D eigenvalue weighted by Crippen LogP contribution is 2.16. The highest BCUT2D eigenvalue weighted by Gasteiger charge is 2.08. The Labute approximate surface area is 128 Å². The van der Waals surface area contributed by atoms with Crippen LogP contribution in [0.4, 0.5) is 0 Å². The van der Waals surface area contributed by atoms with E-state index >= 15 is 0 Å². The molecule has 1 aromatic heterocycles. The van der Waals surface area contributed by atoms with Crippen molar-refractivity contribution in [2.75, 3.05) is 0 Å². The standard InChI is InChI=1S/C18H27N3/c1-13(2)10-16-6-8-17(9-7-16)14(3)19-11-18-12-21(5)20-15(18)4/h6-9,12-14,19H,10-11H2,1-5H3. The maximum atomic E-state index is 4.38. The molecule has 0 amide bonds. The molecule has 0 saturated carbocycles. The maximum absolute atomic E-state index is 4.38. The Balaban J connectivity index is 1.93. The first kappa shape index (κ1) is 15.8. The van der Waals surface area contributed by atoms with Gasteiger partial charge in [-0.3, -0.25) is 4.68 Å². The van der Waals surface area contributed by atoms with Gasteiger partial charge in [0, 0.05) is 31.4 Å². The predicted molar refractivity (Wildman–Crippen MR) is 88.2 cm³/mol. The van der Waals surface area contributed by atoms with E-state index in [4.69, 9.17) is 0 Å². The first-order valence-corrected chi connectivity index (χ1v) is 7.77. The molecule has 0 aliphatic carbocycles. The molecule has 0 aliphatic rings. The van der Waals surface area contributed by atoms with E-state index in [2.05, 4.69) is 68.6 Å². The van der Waals surface area contributed by atoms with Crippen LogP contribution in [0.25, 0.3) is 0 Å². The second-order valence-corrected chi connectivity index (χ2v) is 6.36. The molecule has 0 bridgehead atoms. The molecule has 0 aliphatic heterocycles. The van der Waals surface area contributed by atoms with Crippen LogP contribution in [0.5, 0.6) is 0 Å². The molecule has 0 fully saturated rings. The van der Waals surface area contributed by atoms with Crippen LogP contribution in [0.2, 0.25) is 0 Å². The third-order valence-electron chi connectivity index (χ3n) is 3.84. The lowest BCUT2D eigenvalue weighted by atomic mass is 10.00. The van der Waals surface area contributed by atoms with Crippen molar-refractivity contribution < 1.29 is 0 Å². The molecular formula is C18H27N3. The van der Waals surface area contributed by atoms with E-state index in [1.807, 2.05) is 11.7 Å². The van der Waals surface area contributed by atoms with Gasteiger partial charge in [0.05, 0.1) is 5.69 Å². The van der Waals surface area contributed by atoms with Gasteiger partial charge in [0.15, 0.2) is 0 Å². The second kappa shape index (κ2) is 6.90. The minimum Gasteiger partial charge on any atom is -0.306 e. The fourth-order valence-electron chi connectivity index (χ4n) is 2.62. The van der Waals surface area contributed by atoms with Gasteiger partial charge in [0.1, 0.15) is 0 Å². The van der Waals surface area contributed by atoms with Gasteiger partial charge in [-0.25, -0.2) is 0 Å². The van der Waals surface area contributed by atoms with E-state index in [1.165, 1.54) is 16.7 Å². The topological polar surface area (TPSA) is 29.9 Å². The number of nitrogens with one attached hydrogen (secondary N) is 1. The van der Waals surface area contributed by atoms with Crippen molar-refractivity contribution in [3.63, 3.8) is 0 Å². The van der Waals surface area contributed by atoms with E-state index in [0.717, 1.165) is 18.7 Å². The van der Waals surface area contributed by atoms with E-state index < -0.39 is 0 Å². The Morgan fingerprint density at radius 3 is 2.33 bits per heavy atom. The Bertz CT molecular complexity index is 567. The van der Waals surface area contributed by atoms with Crippen molar-refractivity contribution in [2.24, 2.45) is 13.0 Å². The van der Waals surface area contributed by atoms with Crippen molar-refractivity contribution in [1.29, 1.82) is 0 Å². The van der Waals surface area contributed by atoms with E-state index in [-0.39, 0.29) is 0 Å². The molecule has 2 rings (SSSR count). The largest absolute Gasteiger partial charge is 0.306 e. The van der Waals surface area contributed by atoms with Crippen molar-refractivity contribution in [1.82, 2.24) is 15.1 Å². The molecule has 1 N–H and O–H groups in total. The van der Waals surface area contributed by atoms with Gasteiger partial charge in [-0.15, -0.1) is 0 Å². The Morgan fingerprint density at radius 2 is 1.81 bits per heavy atom. The summed E-state index contributed by atoms with van der Waals surface area (Å²) in [7, 11) is 1.97. The Kier molecular flexibility index (Phi) is 5.18. The van der Waals surface area contributed by atoms with Crippen LogP contribution in [0.1, 0.15) is 49.2 Å². The highest BCUT2D eigenvalue weighted by atomic mass is 15.2. The predicted octanol–water partition coefficient (Wildman–Crippen LogP) is 3.78. The summed E-state index contributed by atoms with van der Waals surface area (Å²) in [5.41, 5.74) is 5.12. The normalized spacial score (nSPS) is 12.9. The third kappa shape index (κ3) is 4.43. The van der Waals surface area contributed by atoms with E-state index in [1.54, 1.807) is 0 Å². The molecule has 1 heterocycles. The van der Waals surface area contributed by atoms with E-state index in [9.17, 15) is 0 Å². The zero-order valence-electron chi connectivity index (χ0n) is 13.9. The smallest absolute Gasteiger partial charge is 0.0638 e. The zero-order chi connectivity index (χ0) is 15.4. The lowest BCUT2D eigenvalue weighted by molar-refractivity contribution is 0.572. The van der Waals surface area contributed by atoms with Gasteiger partial charge in [0.25, 0.3) is 0 Å². The van der Waals surface area contributed by atoms with Gasteiger partial charge >= 0.3 is 0 Å². The highest BCUT2D eigenvalue weighted by molar-refractivity contribution is 5.25. The number of rotatable bonds is 6. The maximum Gasteiger partial charge on any atom is 0.0638 e. The summed E-state index contributed by atoms with van der Waals surface area (Å²) in [6.07, 6.45) is 3.23. The minimum absolute atomic E-state index is 0.345. The van der Waals surface area contributed by atoms with Crippen molar-refractivity contribution in [2.45, 2.75) is 46.7 Å².